The first kappa shape index (κ1) is 26.6. The van der Waals surface area contributed by atoms with Gasteiger partial charge in [-0.15, -0.1) is 0 Å². The number of hydrogen-bond acceptors (Lipinski definition) is 8. The lowest BCUT2D eigenvalue weighted by atomic mass is 10.2. The first-order valence-corrected chi connectivity index (χ1v) is 12.1. The van der Waals surface area contributed by atoms with Crippen molar-refractivity contribution in [1.29, 1.82) is 0 Å². The second-order valence-electron chi connectivity index (χ2n) is 7.38. The molecule has 0 saturated carbocycles. The van der Waals surface area contributed by atoms with Crippen LogP contribution in [0.25, 0.3) is 0 Å². The molecular weight excluding hydrogens is 454 g/mol. The van der Waals surface area contributed by atoms with Crippen molar-refractivity contribution in [3.63, 3.8) is 0 Å². The third kappa shape index (κ3) is 8.63. The molecular formula is C21H31N3O8S. The van der Waals surface area contributed by atoms with Gasteiger partial charge in [-0.05, 0) is 31.0 Å². The van der Waals surface area contributed by atoms with E-state index in [-0.39, 0.29) is 41.7 Å². The fourth-order valence-corrected chi connectivity index (χ4v) is 4.72. The van der Waals surface area contributed by atoms with Gasteiger partial charge in [0.05, 0.1) is 20.3 Å². The summed E-state index contributed by atoms with van der Waals surface area (Å²) in [5.74, 6) is -1.03. The van der Waals surface area contributed by atoms with Crippen molar-refractivity contribution in [2.45, 2.75) is 37.5 Å². The Morgan fingerprint density at radius 3 is 2.52 bits per heavy atom. The van der Waals surface area contributed by atoms with Gasteiger partial charge in [-0.1, -0.05) is 6.42 Å². The Morgan fingerprint density at radius 1 is 1.12 bits per heavy atom. The zero-order valence-corrected chi connectivity index (χ0v) is 19.7. The number of morpholine rings is 1. The smallest absolute Gasteiger partial charge is 0.306 e. The quantitative estimate of drug-likeness (QED) is 0.329. The van der Waals surface area contributed by atoms with Crippen molar-refractivity contribution >= 4 is 33.5 Å². The predicted molar refractivity (Wildman–Crippen MR) is 119 cm³/mol. The SMILES string of the molecule is COc1ccc(NC(=O)COC(=O)CCCCCNC(C)=O)cc1S(=O)(=O)N1CCOCC1. The van der Waals surface area contributed by atoms with Crippen molar-refractivity contribution in [2.75, 3.05) is 51.9 Å². The van der Waals surface area contributed by atoms with Gasteiger partial charge in [0, 0.05) is 38.7 Å². The number of sulfonamides is 1. The van der Waals surface area contributed by atoms with Gasteiger partial charge < -0.3 is 24.8 Å². The molecule has 33 heavy (non-hydrogen) atoms. The summed E-state index contributed by atoms with van der Waals surface area (Å²) >= 11 is 0. The van der Waals surface area contributed by atoms with E-state index in [4.69, 9.17) is 14.2 Å². The van der Waals surface area contributed by atoms with Crippen molar-refractivity contribution in [2.24, 2.45) is 0 Å². The molecule has 0 radical (unpaired) electrons. The summed E-state index contributed by atoms with van der Waals surface area (Å²) in [5, 5.41) is 5.21. The largest absolute Gasteiger partial charge is 0.495 e. The fraction of sp³-hybridized carbons (Fsp3) is 0.571. The van der Waals surface area contributed by atoms with Crippen molar-refractivity contribution in [3.8, 4) is 5.75 Å². The maximum atomic E-state index is 13.0. The number of amides is 2. The highest BCUT2D eigenvalue weighted by Crippen LogP contribution is 2.30. The molecule has 0 aliphatic carbocycles. The number of carbonyl (C=O) groups excluding carboxylic acids is 3. The maximum absolute atomic E-state index is 13.0. The van der Waals surface area contributed by atoms with E-state index < -0.39 is 28.5 Å². The molecule has 2 N–H and O–H groups in total. The molecule has 1 saturated heterocycles. The number of nitrogens with zero attached hydrogens (tertiary/aromatic N) is 1. The number of rotatable bonds is 12. The Bertz CT molecular complexity index is 929. The standard InChI is InChI=1S/C21H31N3O8S/c1-16(25)22-9-5-3-4-6-21(27)32-15-20(26)23-17-7-8-18(30-2)19(14-17)33(28,29)24-10-12-31-13-11-24/h7-8,14H,3-6,9-13,15H2,1-2H3,(H,22,25)(H,23,26). The van der Waals surface area contributed by atoms with E-state index in [0.29, 0.717) is 26.2 Å². The lowest BCUT2D eigenvalue weighted by molar-refractivity contribution is -0.147. The third-order valence-corrected chi connectivity index (χ3v) is 6.75. The minimum atomic E-state index is -3.84. The first-order valence-electron chi connectivity index (χ1n) is 10.7. The fourth-order valence-electron chi connectivity index (χ4n) is 3.13. The average Bonchev–Trinajstić information content (AvgIpc) is 2.80. The van der Waals surface area contributed by atoms with Gasteiger partial charge in [0.25, 0.3) is 5.91 Å². The molecule has 11 nitrogen and oxygen atoms in total. The van der Waals surface area contributed by atoms with Gasteiger partial charge in [0.15, 0.2) is 6.61 Å². The van der Waals surface area contributed by atoms with E-state index in [9.17, 15) is 22.8 Å². The maximum Gasteiger partial charge on any atom is 0.306 e. The molecule has 1 aromatic rings. The number of unbranched alkanes of at least 4 members (excludes halogenated alkanes) is 2. The van der Waals surface area contributed by atoms with Crippen LogP contribution in [0, 0.1) is 0 Å². The van der Waals surface area contributed by atoms with E-state index >= 15 is 0 Å². The number of anilines is 1. The molecule has 0 aromatic heterocycles. The molecule has 1 fully saturated rings. The molecule has 0 spiro atoms. The second-order valence-corrected chi connectivity index (χ2v) is 9.29. The van der Waals surface area contributed by atoms with Gasteiger partial charge in [-0.25, -0.2) is 8.42 Å². The van der Waals surface area contributed by atoms with Crippen LogP contribution in [-0.4, -0.2) is 77.1 Å². The Labute approximate surface area is 193 Å². The van der Waals surface area contributed by atoms with Gasteiger partial charge in [0.1, 0.15) is 10.6 Å². The third-order valence-electron chi connectivity index (χ3n) is 4.83. The lowest BCUT2D eigenvalue weighted by Crippen LogP contribution is -2.40. The van der Waals surface area contributed by atoms with Crippen LogP contribution in [0.5, 0.6) is 5.75 Å². The highest BCUT2D eigenvalue weighted by molar-refractivity contribution is 7.89. The summed E-state index contributed by atoms with van der Waals surface area (Å²) in [6.45, 7) is 2.58. The monoisotopic (exact) mass is 485 g/mol. The number of hydrogen-bond donors (Lipinski definition) is 2. The van der Waals surface area contributed by atoms with E-state index in [1.165, 1.54) is 36.5 Å². The molecule has 0 atom stereocenters. The van der Waals surface area contributed by atoms with Gasteiger partial charge in [0.2, 0.25) is 15.9 Å². The van der Waals surface area contributed by atoms with Crippen LogP contribution in [0.2, 0.25) is 0 Å². The molecule has 1 aromatic carbocycles. The topological polar surface area (TPSA) is 140 Å². The minimum Gasteiger partial charge on any atom is -0.495 e. The molecule has 12 heteroatoms. The lowest BCUT2D eigenvalue weighted by Gasteiger charge is -2.26. The van der Waals surface area contributed by atoms with Crippen molar-refractivity contribution in [3.05, 3.63) is 18.2 Å². The summed E-state index contributed by atoms with van der Waals surface area (Å²) in [6, 6.07) is 4.28. The summed E-state index contributed by atoms with van der Waals surface area (Å²) in [7, 11) is -2.48. The molecule has 2 rings (SSSR count). The average molecular weight is 486 g/mol. The number of nitrogens with one attached hydrogen (secondary N) is 2. The molecule has 2 amide bonds. The number of esters is 1. The predicted octanol–water partition coefficient (Wildman–Crippen LogP) is 0.894. The molecule has 0 bridgehead atoms. The summed E-state index contributed by atoms with van der Waals surface area (Å²) in [4.78, 5) is 34.7. The zero-order valence-electron chi connectivity index (χ0n) is 18.9. The van der Waals surface area contributed by atoms with E-state index in [1.54, 1.807) is 0 Å². The molecule has 1 aliphatic rings. The van der Waals surface area contributed by atoms with Crippen LogP contribution in [0.4, 0.5) is 5.69 Å². The van der Waals surface area contributed by atoms with Crippen molar-refractivity contribution in [1.82, 2.24) is 9.62 Å². The van der Waals surface area contributed by atoms with Crippen LogP contribution in [0.1, 0.15) is 32.6 Å². The number of ether oxygens (including phenoxy) is 3. The summed E-state index contributed by atoms with van der Waals surface area (Å²) in [5.41, 5.74) is 0.238. The van der Waals surface area contributed by atoms with Gasteiger partial charge >= 0.3 is 5.97 Å². The highest BCUT2D eigenvalue weighted by atomic mass is 32.2. The van der Waals surface area contributed by atoms with Crippen LogP contribution < -0.4 is 15.4 Å². The number of carbonyl (C=O) groups is 3. The highest BCUT2D eigenvalue weighted by Gasteiger charge is 2.29. The van der Waals surface area contributed by atoms with Crippen LogP contribution in [0.3, 0.4) is 0 Å². The molecule has 1 heterocycles. The molecule has 0 unspecified atom stereocenters. The van der Waals surface area contributed by atoms with Gasteiger partial charge in [-0.2, -0.15) is 4.31 Å². The minimum absolute atomic E-state index is 0.0686. The van der Waals surface area contributed by atoms with Crippen molar-refractivity contribution < 1.29 is 37.0 Å². The Kier molecular flexibility index (Phi) is 10.6. The molecule has 1 aliphatic heterocycles. The van der Waals surface area contributed by atoms with E-state index in [1.807, 2.05) is 0 Å². The summed E-state index contributed by atoms with van der Waals surface area (Å²) in [6.07, 6.45) is 2.24. The Morgan fingerprint density at radius 2 is 1.85 bits per heavy atom. The van der Waals surface area contributed by atoms with Crippen LogP contribution >= 0.6 is 0 Å². The number of benzene rings is 1. The summed E-state index contributed by atoms with van der Waals surface area (Å²) < 4.78 is 42.7. The van der Waals surface area contributed by atoms with Crippen LogP contribution in [0.15, 0.2) is 23.1 Å². The zero-order chi connectivity index (χ0) is 24.3. The Balaban J connectivity index is 1.86. The second kappa shape index (κ2) is 13.1. The molecule has 184 valence electrons. The van der Waals surface area contributed by atoms with Crippen LogP contribution in [-0.2, 0) is 33.9 Å². The van der Waals surface area contributed by atoms with E-state index in [0.717, 1.165) is 12.8 Å². The normalized spacial score (nSPS) is 14.4. The van der Waals surface area contributed by atoms with E-state index in [2.05, 4.69) is 10.6 Å². The Hall–Kier alpha value is -2.70. The number of methoxy groups -OCH3 is 1. The van der Waals surface area contributed by atoms with Gasteiger partial charge in [-0.3, -0.25) is 14.4 Å². The first-order chi connectivity index (χ1) is 15.7.